The van der Waals surface area contributed by atoms with Crippen molar-refractivity contribution in [1.29, 1.82) is 0 Å². The van der Waals surface area contributed by atoms with E-state index < -0.39 is 0 Å². The Balaban J connectivity index is 1.21. The van der Waals surface area contributed by atoms with Crippen molar-refractivity contribution in [2.75, 3.05) is 24.5 Å². The van der Waals surface area contributed by atoms with E-state index in [-0.39, 0.29) is 30.3 Å². The molecule has 0 bridgehead atoms. The monoisotopic (exact) mass is 448 g/mol. The number of likely N-dealkylation sites (tertiary alicyclic amines) is 1. The SMILES string of the molecule is O=C(NCC(=O)N1CCC[C@@H]1c1nc2ccccc2s1)c1ccc(N2CCCC2=O)cc1. The number of benzene rings is 2. The normalized spacial score (nSPS) is 18.5. The Hall–Kier alpha value is -3.26. The number of nitrogens with zero attached hydrogens (tertiary/aromatic N) is 3. The molecule has 8 heteroatoms. The molecule has 3 heterocycles. The van der Waals surface area contributed by atoms with Crippen molar-refractivity contribution in [2.45, 2.75) is 31.7 Å². The lowest BCUT2D eigenvalue weighted by atomic mass is 10.2. The summed E-state index contributed by atoms with van der Waals surface area (Å²) in [6, 6.07) is 14.9. The van der Waals surface area contributed by atoms with Gasteiger partial charge in [-0.15, -0.1) is 11.3 Å². The Morgan fingerprint density at radius 2 is 1.88 bits per heavy atom. The molecule has 7 nitrogen and oxygen atoms in total. The molecular weight excluding hydrogens is 424 g/mol. The molecule has 1 aromatic heterocycles. The Kier molecular flexibility index (Phi) is 5.61. The van der Waals surface area contributed by atoms with Gasteiger partial charge in [0.05, 0.1) is 22.8 Å². The quantitative estimate of drug-likeness (QED) is 0.648. The molecule has 32 heavy (non-hydrogen) atoms. The first-order chi connectivity index (χ1) is 15.6. The fourth-order valence-electron chi connectivity index (χ4n) is 4.43. The van der Waals surface area contributed by atoms with Gasteiger partial charge in [0.15, 0.2) is 0 Å². The predicted octanol–water partition coefficient (Wildman–Crippen LogP) is 3.52. The van der Waals surface area contributed by atoms with Crippen molar-refractivity contribution in [2.24, 2.45) is 0 Å². The highest BCUT2D eigenvalue weighted by atomic mass is 32.1. The number of carbonyl (C=O) groups is 3. The third-order valence-electron chi connectivity index (χ3n) is 6.08. The zero-order valence-electron chi connectivity index (χ0n) is 17.6. The van der Waals surface area contributed by atoms with Crippen LogP contribution in [0.15, 0.2) is 48.5 Å². The number of rotatable bonds is 5. The number of fused-ring (bicyclic) bond motifs is 1. The number of para-hydroxylation sites is 1. The van der Waals surface area contributed by atoms with Gasteiger partial charge in [0.2, 0.25) is 11.8 Å². The van der Waals surface area contributed by atoms with E-state index in [9.17, 15) is 14.4 Å². The molecule has 0 radical (unpaired) electrons. The summed E-state index contributed by atoms with van der Waals surface area (Å²) >= 11 is 1.63. The topological polar surface area (TPSA) is 82.6 Å². The van der Waals surface area contributed by atoms with Crippen LogP contribution in [-0.4, -0.2) is 47.2 Å². The number of hydrogen-bond acceptors (Lipinski definition) is 5. The Morgan fingerprint density at radius 1 is 1.06 bits per heavy atom. The third kappa shape index (κ3) is 3.98. The molecule has 2 saturated heterocycles. The molecule has 5 rings (SSSR count). The van der Waals surface area contributed by atoms with Crippen molar-refractivity contribution in [3.63, 3.8) is 0 Å². The maximum Gasteiger partial charge on any atom is 0.251 e. The minimum absolute atomic E-state index is 0.0333. The van der Waals surface area contributed by atoms with Crippen molar-refractivity contribution < 1.29 is 14.4 Å². The van der Waals surface area contributed by atoms with Crippen molar-refractivity contribution in [3.8, 4) is 0 Å². The third-order valence-corrected chi connectivity index (χ3v) is 7.22. The maximum absolute atomic E-state index is 12.9. The summed E-state index contributed by atoms with van der Waals surface area (Å²) in [7, 11) is 0. The number of thiazole rings is 1. The minimum Gasteiger partial charge on any atom is -0.343 e. The van der Waals surface area contributed by atoms with E-state index in [2.05, 4.69) is 5.32 Å². The van der Waals surface area contributed by atoms with Crippen LogP contribution in [0.3, 0.4) is 0 Å². The maximum atomic E-state index is 12.9. The molecule has 2 fully saturated rings. The number of amides is 3. The van der Waals surface area contributed by atoms with Crippen LogP contribution in [-0.2, 0) is 9.59 Å². The molecule has 1 atom stereocenters. The lowest BCUT2D eigenvalue weighted by molar-refractivity contribution is -0.131. The van der Waals surface area contributed by atoms with Crippen LogP contribution in [0.5, 0.6) is 0 Å². The average Bonchev–Trinajstić information content (AvgIpc) is 3.56. The molecule has 0 unspecified atom stereocenters. The molecule has 1 N–H and O–H groups in total. The second-order valence-electron chi connectivity index (χ2n) is 8.14. The number of hydrogen-bond donors (Lipinski definition) is 1. The van der Waals surface area contributed by atoms with Gasteiger partial charge in [0.25, 0.3) is 5.91 Å². The molecule has 0 aliphatic carbocycles. The zero-order chi connectivity index (χ0) is 22.1. The molecule has 0 spiro atoms. The van der Waals surface area contributed by atoms with E-state index in [0.717, 1.165) is 40.2 Å². The zero-order valence-corrected chi connectivity index (χ0v) is 18.4. The molecule has 3 amide bonds. The number of carbonyl (C=O) groups excluding carboxylic acids is 3. The first-order valence-corrected chi connectivity index (χ1v) is 11.8. The molecule has 0 saturated carbocycles. The number of aromatic nitrogens is 1. The smallest absolute Gasteiger partial charge is 0.251 e. The standard InChI is InChI=1S/C24H24N4O3S/c29-21-8-4-13-27(21)17-11-9-16(10-12-17)23(31)25-15-22(30)28-14-3-6-19(28)24-26-18-5-1-2-7-20(18)32-24/h1-2,5,7,9-12,19H,3-4,6,8,13-15H2,(H,25,31)/t19-/m1/s1. The Labute approximate surface area is 190 Å². The van der Waals surface area contributed by atoms with E-state index in [1.54, 1.807) is 40.5 Å². The van der Waals surface area contributed by atoms with Crippen molar-refractivity contribution in [3.05, 3.63) is 59.1 Å². The van der Waals surface area contributed by atoms with Crippen LogP contribution < -0.4 is 10.2 Å². The summed E-state index contributed by atoms with van der Waals surface area (Å²) in [6.45, 7) is 1.34. The molecule has 164 valence electrons. The van der Waals surface area contributed by atoms with Gasteiger partial charge in [-0.05, 0) is 55.7 Å². The van der Waals surface area contributed by atoms with Gasteiger partial charge in [0, 0.05) is 30.8 Å². The van der Waals surface area contributed by atoms with Gasteiger partial charge in [-0.25, -0.2) is 4.98 Å². The largest absolute Gasteiger partial charge is 0.343 e. The van der Waals surface area contributed by atoms with Gasteiger partial charge in [0.1, 0.15) is 5.01 Å². The van der Waals surface area contributed by atoms with Crippen LogP contribution in [0.25, 0.3) is 10.2 Å². The van der Waals surface area contributed by atoms with Crippen molar-refractivity contribution >= 4 is 45.0 Å². The summed E-state index contributed by atoms with van der Waals surface area (Å²) in [6.07, 6.45) is 3.24. The van der Waals surface area contributed by atoms with Gasteiger partial charge in [-0.2, -0.15) is 0 Å². The van der Waals surface area contributed by atoms with E-state index in [1.165, 1.54) is 0 Å². The minimum atomic E-state index is -0.298. The van der Waals surface area contributed by atoms with E-state index in [1.807, 2.05) is 29.2 Å². The average molecular weight is 449 g/mol. The lowest BCUT2D eigenvalue weighted by Gasteiger charge is -2.23. The fourth-order valence-corrected chi connectivity index (χ4v) is 5.54. The van der Waals surface area contributed by atoms with Crippen LogP contribution in [0.1, 0.15) is 47.1 Å². The molecule has 2 aliphatic rings. The summed E-state index contributed by atoms with van der Waals surface area (Å²) in [5.74, 6) is -0.283. The Bertz CT molecular complexity index is 1140. The summed E-state index contributed by atoms with van der Waals surface area (Å²) in [5.41, 5.74) is 2.23. The van der Waals surface area contributed by atoms with Crippen molar-refractivity contribution in [1.82, 2.24) is 15.2 Å². The number of anilines is 1. The number of nitrogens with one attached hydrogen (secondary N) is 1. The van der Waals surface area contributed by atoms with E-state index in [4.69, 9.17) is 4.98 Å². The molecule has 2 aromatic carbocycles. The van der Waals surface area contributed by atoms with Gasteiger partial charge in [-0.3, -0.25) is 14.4 Å². The highest BCUT2D eigenvalue weighted by Gasteiger charge is 2.32. The van der Waals surface area contributed by atoms with Crippen LogP contribution >= 0.6 is 11.3 Å². The molecule has 2 aliphatic heterocycles. The molecular formula is C24H24N4O3S. The van der Waals surface area contributed by atoms with Crippen LogP contribution in [0.4, 0.5) is 5.69 Å². The summed E-state index contributed by atoms with van der Waals surface area (Å²) in [4.78, 5) is 45.6. The summed E-state index contributed by atoms with van der Waals surface area (Å²) < 4.78 is 1.12. The first-order valence-electron chi connectivity index (χ1n) is 10.9. The highest BCUT2D eigenvalue weighted by Crippen LogP contribution is 2.36. The van der Waals surface area contributed by atoms with Gasteiger partial charge in [-0.1, -0.05) is 12.1 Å². The lowest BCUT2D eigenvalue weighted by Crippen LogP contribution is -2.39. The first kappa shape index (κ1) is 20.6. The van der Waals surface area contributed by atoms with Crippen LogP contribution in [0.2, 0.25) is 0 Å². The van der Waals surface area contributed by atoms with Crippen LogP contribution in [0, 0.1) is 0 Å². The predicted molar refractivity (Wildman–Crippen MR) is 124 cm³/mol. The highest BCUT2D eigenvalue weighted by molar-refractivity contribution is 7.18. The van der Waals surface area contributed by atoms with Gasteiger partial charge < -0.3 is 15.1 Å². The fraction of sp³-hybridized carbons (Fsp3) is 0.333. The van der Waals surface area contributed by atoms with Gasteiger partial charge >= 0.3 is 0 Å². The Morgan fingerprint density at radius 3 is 2.62 bits per heavy atom. The second kappa shape index (κ2) is 8.70. The summed E-state index contributed by atoms with van der Waals surface area (Å²) in [5, 5.41) is 3.70. The van der Waals surface area contributed by atoms with E-state index in [0.29, 0.717) is 25.1 Å². The second-order valence-corrected chi connectivity index (χ2v) is 9.21. The van der Waals surface area contributed by atoms with E-state index >= 15 is 0 Å². The molecule has 3 aromatic rings.